The van der Waals surface area contributed by atoms with E-state index in [9.17, 15) is 0 Å². The highest BCUT2D eigenvalue weighted by Crippen LogP contribution is 1.91. The van der Waals surface area contributed by atoms with E-state index in [1.54, 1.807) is 7.11 Å². The first kappa shape index (κ1) is 17.4. The van der Waals surface area contributed by atoms with Gasteiger partial charge in [-0.1, -0.05) is 0 Å². The maximum atomic E-state index is 7.94. The average molecular weight is 240 g/mol. The van der Waals surface area contributed by atoms with Crippen LogP contribution in [0.3, 0.4) is 0 Å². The van der Waals surface area contributed by atoms with E-state index in [-0.39, 0.29) is 6.61 Å². The normalized spacial score (nSPS) is 10.0. The number of hydrogen-bond acceptors (Lipinski definition) is 5. The van der Waals surface area contributed by atoms with Crippen LogP contribution in [0.4, 0.5) is 0 Å². The third-order valence-corrected chi connectivity index (χ3v) is 3.02. The van der Waals surface area contributed by atoms with Gasteiger partial charge in [-0.25, -0.2) is 0 Å². The molecule has 0 spiro atoms. The number of rotatable bonds is 8. The van der Waals surface area contributed by atoms with Crippen LogP contribution in [-0.4, -0.2) is 54.8 Å². The fraction of sp³-hybridized carbons (Fsp3) is 1.00. The zero-order valence-electron chi connectivity index (χ0n) is 10.2. The lowest BCUT2D eigenvalue weighted by Crippen LogP contribution is -2.27. The maximum Gasteiger partial charge on any atom is 0.484 e. The van der Waals surface area contributed by atoms with Gasteiger partial charge >= 0.3 is 9.53 Å². The molecule has 0 radical (unpaired) electrons. The first-order valence-corrected chi connectivity index (χ1v) is 6.62. The number of hydrogen-bond donors (Lipinski definition) is 1. The first-order valence-electron chi connectivity index (χ1n) is 5.21. The lowest BCUT2D eigenvalue weighted by Gasteiger charge is -2.12. The number of aliphatic hydroxyl groups excluding tert-OH is 1. The average Bonchev–Trinajstić information content (AvgIpc) is 2.21. The summed E-state index contributed by atoms with van der Waals surface area (Å²) in [7, 11) is -0.182. The van der Waals surface area contributed by atoms with E-state index in [4.69, 9.17) is 18.4 Å². The second kappa shape index (κ2) is 16.4. The molecule has 0 aromatic carbocycles. The molecule has 0 aliphatic heterocycles. The minimum Gasteiger partial charge on any atom is -0.394 e. The van der Waals surface area contributed by atoms with E-state index in [0.29, 0.717) is 26.4 Å². The maximum absolute atomic E-state index is 7.94. The van der Waals surface area contributed by atoms with Crippen molar-refractivity contribution in [1.29, 1.82) is 0 Å². The van der Waals surface area contributed by atoms with E-state index in [1.165, 1.54) is 0 Å². The molecule has 15 heavy (non-hydrogen) atoms. The van der Waals surface area contributed by atoms with Crippen LogP contribution in [0.1, 0.15) is 20.8 Å². The van der Waals surface area contributed by atoms with Gasteiger partial charge in [0.25, 0.3) is 0 Å². The van der Waals surface area contributed by atoms with Crippen LogP contribution in [0.2, 0.25) is 0 Å². The molecule has 0 aliphatic rings. The molecule has 0 rings (SSSR count). The summed E-state index contributed by atoms with van der Waals surface area (Å²) >= 11 is 0. The molecular formula is C9H24O5Si. The lowest BCUT2D eigenvalue weighted by molar-refractivity contribution is 0.107. The van der Waals surface area contributed by atoms with Crippen molar-refractivity contribution in [2.45, 2.75) is 20.8 Å². The molecule has 0 saturated carbocycles. The third-order valence-electron chi connectivity index (χ3n) is 1.20. The van der Waals surface area contributed by atoms with Crippen LogP contribution in [0.25, 0.3) is 0 Å². The molecule has 0 bridgehead atoms. The summed E-state index contributed by atoms with van der Waals surface area (Å²) in [5, 5.41) is 7.94. The van der Waals surface area contributed by atoms with Crippen molar-refractivity contribution in [3.8, 4) is 0 Å². The molecule has 0 heterocycles. The molecule has 0 amide bonds. The van der Waals surface area contributed by atoms with Crippen LogP contribution >= 0.6 is 0 Å². The molecule has 0 aromatic heterocycles. The quantitative estimate of drug-likeness (QED) is 0.624. The Labute approximate surface area is 94.3 Å². The van der Waals surface area contributed by atoms with E-state index in [1.807, 2.05) is 20.8 Å². The van der Waals surface area contributed by atoms with Gasteiger partial charge in [0.05, 0.1) is 13.2 Å². The molecular weight excluding hydrogens is 216 g/mol. The van der Waals surface area contributed by atoms with E-state index >= 15 is 0 Å². The zero-order chi connectivity index (χ0) is 11.9. The minimum atomic E-state index is -1.73. The van der Waals surface area contributed by atoms with Gasteiger partial charge in [-0.15, -0.1) is 0 Å². The summed E-state index contributed by atoms with van der Waals surface area (Å²) in [6.07, 6.45) is 0. The van der Waals surface area contributed by atoms with Crippen LogP contribution < -0.4 is 0 Å². The first-order chi connectivity index (χ1) is 7.26. The Morgan fingerprint density at radius 2 is 1.33 bits per heavy atom. The van der Waals surface area contributed by atoms with Gasteiger partial charge in [0, 0.05) is 26.9 Å². The Balaban J connectivity index is 0. The highest BCUT2D eigenvalue weighted by atomic mass is 28.3. The second-order valence-electron chi connectivity index (χ2n) is 2.37. The fourth-order valence-electron chi connectivity index (χ4n) is 0.644. The van der Waals surface area contributed by atoms with Gasteiger partial charge < -0.3 is 23.1 Å². The number of ether oxygens (including phenoxy) is 1. The van der Waals surface area contributed by atoms with E-state index in [0.717, 1.165) is 0 Å². The van der Waals surface area contributed by atoms with Crippen molar-refractivity contribution in [2.75, 3.05) is 40.1 Å². The summed E-state index contributed by atoms with van der Waals surface area (Å²) in [5.41, 5.74) is 0. The van der Waals surface area contributed by atoms with Crippen molar-refractivity contribution < 1.29 is 23.1 Å². The summed E-state index contributed by atoms with van der Waals surface area (Å²) in [5.74, 6) is 0. The minimum absolute atomic E-state index is 0.122. The topological polar surface area (TPSA) is 57.2 Å². The van der Waals surface area contributed by atoms with Gasteiger partial charge in [-0.05, 0) is 20.8 Å². The summed E-state index contributed by atoms with van der Waals surface area (Å²) < 4.78 is 20.1. The monoisotopic (exact) mass is 240 g/mol. The van der Waals surface area contributed by atoms with Crippen molar-refractivity contribution in [3.63, 3.8) is 0 Å². The van der Waals surface area contributed by atoms with Crippen molar-refractivity contribution in [3.05, 3.63) is 0 Å². The molecule has 5 nitrogen and oxygen atoms in total. The Hall–Kier alpha value is 0.0169. The molecule has 1 N–H and O–H groups in total. The molecule has 0 aliphatic carbocycles. The molecule has 0 saturated heterocycles. The summed E-state index contributed by atoms with van der Waals surface area (Å²) in [6, 6.07) is 0. The van der Waals surface area contributed by atoms with Gasteiger partial charge in [0.2, 0.25) is 0 Å². The SMILES string of the molecule is CCO[SiH](OCC)OCC.COCCO. The lowest BCUT2D eigenvalue weighted by atomic mass is 10.8. The predicted octanol–water partition coefficient (Wildman–Crippen LogP) is 0.438. The van der Waals surface area contributed by atoms with Gasteiger partial charge in [0.1, 0.15) is 0 Å². The van der Waals surface area contributed by atoms with E-state index in [2.05, 4.69) is 4.74 Å². The van der Waals surface area contributed by atoms with Crippen molar-refractivity contribution in [1.82, 2.24) is 0 Å². The van der Waals surface area contributed by atoms with Crippen LogP contribution in [0, 0.1) is 0 Å². The summed E-state index contributed by atoms with van der Waals surface area (Å²) in [4.78, 5) is 0. The molecule has 94 valence electrons. The zero-order valence-corrected chi connectivity index (χ0v) is 11.3. The van der Waals surface area contributed by atoms with Gasteiger partial charge in [-0.3, -0.25) is 0 Å². The highest BCUT2D eigenvalue weighted by Gasteiger charge is 2.11. The summed E-state index contributed by atoms with van der Waals surface area (Å²) in [6.45, 7) is 8.43. The fourth-order valence-corrected chi connectivity index (χ4v) is 1.75. The number of methoxy groups -OCH3 is 1. The van der Waals surface area contributed by atoms with Crippen molar-refractivity contribution in [2.24, 2.45) is 0 Å². The van der Waals surface area contributed by atoms with Crippen LogP contribution in [-0.2, 0) is 18.0 Å². The Morgan fingerprint density at radius 1 is 0.933 bits per heavy atom. The molecule has 0 aromatic rings. The molecule has 0 atom stereocenters. The van der Waals surface area contributed by atoms with Crippen LogP contribution in [0.15, 0.2) is 0 Å². The third kappa shape index (κ3) is 16.7. The standard InChI is InChI=1S/C6H16O3Si.C3H8O2/c1-4-7-10(8-5-2)9-6-3;1-5-3-2-4/h10H,4-6H2,1-3H3;4H,2-3H2,1H3. The predicted molar refractivity (Wildman–Crippen MR) is 61.0 cm³/mol. The molecule has 0 unspecified atom stereocenters. The second-order valence-corrected chi connectivity index (χ2v) is 3.95. The number of aliphatic hydroxyl groups is 1. The Kier molecular flexibility index (Phi) is 19.1. The molecule has 6 heteroatoms. The molecule has 0 fully saturated rings. The smallest absolute Gasteiger partial charge is 0.394 e. The largest absolute Gasteiger partial charge is 0.484 e. The Morgan fingerprint density at radius 3 is 1.47 bits per heavy atom. The van der Waals surface area contributed by atoms with E-state index < -0.39 is 9.53 Å². The highest BCUT2D eigenvalue weighted by molar-refractivity contribution is 6.36. The van der Waals surface area contributed by atoms with Crippen LogP contribution in [0.5, 0.6) is 0 Å². The van der Waals surface area contributed by atoms with Gasteiger partial charge in [0.15, 0.2) is 0 Å². The Bertz CT molecular complexity index is 88.2. The van der Waals surface area contributed by atoms with Crippen molar-refractivity contribution >= 4 is 9.53 Å². The van der Waals surface area contributed by atoms with Gasteiger partial charge in [-0.2, -0.15) is 0 Å².